The number of methoxy groups -OCH3 is 2. The van der Waals surface area contributed by atoms with Crippen molar-refractivity contribution < 1.29 is 33.3 Å². The molecule has 1 N–H and O–H groups in total. The molecule has 0 saturated heterocycles. The molecule has 1 aromatic heterocycles. The van der Waals surface area contributed by atoms with Gasteiger partial charge in [0.25, 0.3) is 5.78 Å². The highest BCUT2D eigenvalue weighted by molar-refractivity contribution is 6.39. The summed E-state index contributed by atoms with van der Waals surface area (Å²) in [5, 5.41) is 11.2. The number of benzene rings is 2. The zero-order valence-electron chi connectivity index (χ0n) is 17.3. The van der Waals surface area contributed by atoms with E-state index in [1.807, 2.05) is 0 Å². The van der Waals surface area contributed by atoms with E-state index in [0.717, 1.165) is 11.6 Å². The number of aromatic nitrogens is 1. The maximum Gasteiger partial charge on any atom is 0.379 e. The predicted octanol–water partition coefficient (Wildman–Crippen LogP) is 3.88. The third kappa shape index (κ3) is 4.69. The molecule has 162 valence electrons. The van der Waals surface area contributed by atoms with E-state index in [1.54, 1.807) is 42.0 Å². The minimum Gasteiger partial charge on any atom is -0.507 e. The maximum atomic E-state index is 13.3. The van der Waals surface area contributed by atoms with Gasteiger partial charge in [0.2, 0.25) is 0 Å². The number of hydrogen-bond donors (Lipinski definition) is 1. The Kier molecular flexibility index (Phi) is 6.59. The zero-order valence-corrected chi connectivity index (χ0v) is 17.3. The van der Waals surface area contributed by atoms with Crippen LogP contribution in [0.1, 0.15) is 18.1 Å². The van der Waals surface area contributed by atoms with Crippen molar-refractivity contribution in [2.75, 3.05) is 20.8 Å². The average Bonchev–Trinajstić information content (AvgIpc) is 3.13. The lowest BCUT2D eigenvalue weighted by Crippen LogP contribution is -2.15. The van der Waals surface area contributed by atoms with Crippen molar-refractivity contribution in [1.29, 1.82) is 0 Å². The molecule has 2 aromatic carbocycles. The van der Waals surface area contributed by atoms with Crippen LogP contribution in [-0.2, 0) is 20.9 Å². The van der Waals surface area contributed by atoms with Crippen molar-refractivity contribution in [1.82, 2.24) is 4.57 Å². The Morgan fingerprint density at radius 2 is 1.84 bits per heavy atom. The molecule has 0 saturated carbocycles. The van der Waals surface area contributed by atoms with Crippen LogP contribution in [0.15, 0.2) is 48.7 Å². The zero-order chi connectivity index (χ0) is 22.5. The predicted molar refractivity (Wildman–Crippen MR) is 113 cm³/mol. The summed E-state index contributed by atoms with van der Waals surface area (Å²) in [6.07, 6.45) is 2.45. The van der Waals surface area contributed by atoms with Gasteiger partial charge in [0, 0.05) is 35.8 Å². The quantitative estimate of drug-likeness (QED) is 0.254. The molecule has 0 atom stereocenters. The van der Waals surface area contributed by atoms with Crippen LogP contribution in [0.4, 0.5) is 4.39 Å². The Hall–Kier alpha value is -3.81. The monoisotopic (exact) mass is 427 g/mol. The summed E-state index contributed by atoms with van der Waals surface area (Å²) in [6.45, 7) is 1.97. The van der Waals surface area contributed by atoms with Crippen molar-refractivity contribution in [2.45, 2.75) is 13.5 Å². The van der Waals surface area contributed by atoms with E-state index in [9.17, 15) is 19.1 Å². The minimum absolute atomic E-state index is 0.0462. The molecule has 0 aliphatic heterocycles. The van der Waals surface area contributed by atoms with E-state index in [2.05, 4.69) is 4.74 Å². The first-order valence-corrected chi connectivity index (χ1v) is 9.49. The molecule has 0 aliphatic carbocycles. The average molecular weight is 427 g/mol. The lowest BCUT2D eigenvalue weighted by Gasteiger charge is -2.11. The van der Waals surface area contributed by atoms with E-state index < -0.39 is 17.5 Å². The molecule has 0 fully saturated rings. The van der Waals surface area contributed by atoms with Crippen LogP contribution in [-0.4, -0.2) is 42.3 Å². The number of aliphatic hydroxyl groups excluding tert-OH is 1. The second-order valence-corrected chi connectivity index (χ2v) is 6.64. The van der Waals surface area contributed by atoms with Gasteiger partial charge in [-0.05, 0) is 30.7 Å². The van der Waals surface area contributed by atoms with Gasteiger partial charge in [0.1, 0.15) is 23.1 Å². The molecule has 3 rings (SSSR count). The number of ketones is 1. The number of nitrogens with zero attached hydrogens (tertiary/aromatic N) is 1. The smallest absolute Gasteiger partial charge is 0.379 e. The fourth-order valence-electron chi connectivity index (χ4n) is 3.23. The maximum absolute atomic E-state index is 13.3. The Morgan fingerprint density at radius 1 is 1.13 bits per heavy atom. The Bertz CT molecular complexity index is 1150. The van der Waals surface area contributed by atoms with E-state index in [1.165, 1.54) is 26.4 Å². The van der Waals surface area contributed by atoms with Gasteiger partial charge in [-0.1, -0.05) is 12.1 Å². The number of rotatable bonds is 8. The van der Waals surface area contributed by atoms with Crippen LogP contribution in [0.5, 0.6) is 11.5 Å². The number of hydrogen-bond acceptors (Lipinski definition) is 6. The molecule has 0 bridgehead atoms. The van der Waals surface area contributed by atoms with E-state index in [4.69, 9.17) is 9.47 Å². The first kappa shape index (κ1) is 21.9. The van der Waals surface area contributed by atoms with Crippen molar-refractivity contribution in [3.63, 3.8) is 0 Å². The Labute approximate surface area is 178 Å². The van der Waals surface area contributed by atoms with Crippen LogP contribution < -0.4 is 9.47 Å². The van der Waals surface area contributed by atoms with Crippen molar-refractivity contribution in [2.24, 2.45) is 0 Å². The first-order chi connectivity index (χ1) is 14.9. The Morgan fingerprint density at radius 3 is 2.45 bits per heavy atom. The number of carbonyl (C=O) groups excluding carboxylic acids is 2. The lowest BCUT2D eigenvalue weighted by molar-refractivity contribution is -0.151. The van der Waals surface area contributed by atoms with Gasteiger partial charge in [-0.25, -0.2) is 9.18 Å². The van der Waals surface area contributed by atoms with Crippen molar-refractivity contribution in [3.05, 3.63) is 65.6 Å². The summed E-state index contributed by atoms with van der Waals surface area (Å²) in [4.78, 5) is 23.7. The normalized spacial score (nSPS) is 11.4. The van der Waals surface area contributed by atoms with Crippen LogP contribution in [0, 0.1) is 5.82 Å². The second kappa shape index (κ2) is 9.34. The Balaban J connectivity index is 2.15. The number of esters is 1. The minimum atomic E-state index is -1.06. The fourth-order valence-corrected chi connectivity index (χ4v) is 3.23. The molecule has 7 nitrogen and oxygen atoms in total. The number of aliphatic hydroxyl groups is 1. The summed E-state index contributed by atoms with van der Waals surface area (Å²) >= 11 is 0. The molecule has 0 radical (unpaired) electrons. The van der Waals surface area contributed by atoms with Crippen LogP contribution in [0.3, 0.4) is 0 Å². The topological polar surface area (TPSA) is 87.0 Å². The molecule has 1 heterocycles. The molecular weight excluding hydrogens is 405 g/mol. The van der Waals surface area contributed by atoms with Gasteiger partial charge in [0.05, 0.1) is 26.3 Å². The van der Waals surface area contributed by atoms with Gasteiger partial charge in [-0.2, -0.15) is 0 Å². The number of fused-ring (bicyclic) bond motifs is 1. The van der Waals surface area contributed by atoms with Crippen LogP contribution in [0.2, 0.25) is 0 Å². The van der Waals surface area contributed by atoms with Crippen LogP contribution in [0.25, 0.3) is 16.7 Å². The third-order valence-corrected chi connectivity index (χ3v) is 4.65. The molecular formula is C23H22FNO6. The van der Waals surface area contributed by atoms with Crippen molar-refractivity contribution >= 4 is 28.4 Å². The number of carbonyl (C=O) groups is 2. The van der Waals surface area contributed by atoms with E-state index >= 15 is 0 Å². The van der Waals surface area contributed by atoms with Crippen molar-refractivity contribution in [3.8, 4) is 11.5 Å². The summed E-state index contributed by atoms with van der Waals surface area (Å²) in [5.41, 5.74) is 1.74. The van der Waals surface area contributed by atoms with Gasteiger partial charge in [0.15, 0.2) is 0 Å². The SMILES string of the molecule is CCOC(=O)C(=O)/C=C(\O)c1cn(Cc2ccc(F)cc2)c2c(OC)cc(OC)cc12. The van der Waals surface area contributed by atoms with Gasteiger partial charge in [-0.15, -0.1) is 0 Å². The van der Waals surface area contributed by atoms with E-state index in [0.29, 0.717) is 34.5 Å². The van der Waals surface area contributed by atoms with Gasteiger partial charge < -0.3 is 23.9 Å². The third-order valence-electron chi connectivity index (χ3n) is 4.65. The van der Waals surface area contributed by atoms with Crippen LogP contribution >= 0.6 is 0 Å². The second-order valence-electron chi connectivity index (χ2n) is 6.64. The molecule has 3 aromatic rings. The van der Waals surface area contributed by atoms with Gasteiger partial charge >= 0.3 is 5.97 Å². The molecule has 31 heavy (non-hydrogen) atoms. The van der Waals surface area contributed by atoms with E-state index in [-0.39, 0.29) is 12.4 Å². The highest BCUT2D eigenvalue weighted by atomic mass is 19.1. The fraction of sp³-hybridized carbons (Fsp3) is 0.217. The summed E-state index contributed by atoms with van der Waals surface area (Å²) in [6, 6.07) is 9.40. The summed E-state index contributed by atoms with van der Waals surface area (Å²) < 4.78 is 30.6. The summed E-state index contributed by atoms with van der Waals surface area (Å²) in [7, 11) is 3.00. The standard InChI is InChI=1S/C23H22FNO6/c1-4-31-23(28)20(27)11-19(26)18-13-25(12-14-5-7-15(24)8-6-14)22-17(18)9-16(29-2)10-21(22)30-3/h5-11,13,26H,4,12H2,1-3H3/b19-11-. The highest BCUT2D eigenvalue weighted by Crippen LogP contribution is 2.37. The molecule has 0 amide bonds. The molecule has 8 heteroatoms. The molecule has 0 aliphatic rings. The summed E-state index contributed by atoms with van der Waals surface area (Å²) in [5.74, 6) is -1.83. The van der Waals surface area contributed by atoms with Gasteiger partial charge in [-0.3, -0.25) is 4.79 Å². The largest absolute Gasteiger partial charge is 0.507 e. The molecule has 0 spiro atoms. The molecule has 0 unspecified atom stereocenters. The number of halogens is 1. The highest BCUT2D eigenvalue weighted by Gasteiger charge is 2.20. The first-order valence-electron chi connectivity index (χ1n) is 9.49. The number of ether oxygens (including phenoxy) is 3. The lowest BCUT2D eigenvalue weighted by atomic mass is 10.1.